The highest BCUT2D eigenvalue weighted by atomic mass is 32.1. The summed E-state index contributed by atoms with van der Waals surface area (Å²) >= 11 is 3.19. The molecule has 84 valence electrons. The van der Waals surface area contributed by atoms with E-state index in [9.17, 15) is 4.79 Å². The van der Waals surface area contributed by atoms with Gasteiger partial charge in [0.05, 0.1) is 4.88 Å². The first kappa shape index (κ1) is 10.5. The summed E-state index contributed by atoms with van der Waals surface area (Å²) in [5.41, 5.74) is 0.828. The summed E-state index contributed by atoms with van der Waals surface area (Å²) in [6.07, 6.45) is 0. The molecule has 0 saturated carbocycles. The average molecular weight is 259 g/mol. The third-order valence-corrected chi connectivity index (χ3v) is 4.49. The van der Waals surface area contributed by atoms with Gasteiger partial charge in [0, 0.05) is 15.1 Å². The highest BCUT2D eigenvalue weighted by molar-refractivity contribution is 7.27. The van der Waals surface area contributed by atoms with Crippen molar-refractivity contribution in [2.75, 3.05) is 5.32 Å². The van der Waals surface area contributed by atoms with Gasteiger partial charge in [-0.05, 0) is 29.6 Å². The summed E-state index contributed by atoms with van der Waals surface area (Å²) in [7, 11) is 0. The molecule has 0 saturated heterocycles. The van der Waals surface area contributed by atoms with Crippen LogP contribution in [0.4, 0.5) is 5.69 Å². The first-order valence-electron chi connectivity index (χ1n) is 5.16. The van der Waals surface area contributed by atoms with Crippen molar-refractivity contribution >= 4 is 43.7 Å². The van der Waals surface area contributed by atoms with Crippen LogP contribution in [0.2, 0.25) is 0 Å². The number of para-hydroxylation sites is 1. The summed E-state index contributed by atoms with van der Waals surface area (Å²) in [4.78, 5) is 12.7. The fourth-order valence-electron chi connectivity index (χ4n) is 1.59. The summed E-state index contributed by atoms with van der Waals surface area (Å²) in [5.74, 6) is -0.0374. The van der Waals surface area contributed by atoms with E-state index in [1.165, 1.54) is 20.7 Å². The summed E-state index contributed by atoms with van der Waals surface area (Å²) in [5, 5.41) is 4.93. The molecular formula is C13H9NOS2. The van der Waals surface area contributed by atoms with E-state index >= 15 is 0 Å². The van der Waals surface area contributed by atoms with Gasteiger partial charge in [-0.3, -0.25) is 4.79 Å². The maximum Gasteiger partial charge on any atom is 0.265 e. The second kappa shape index (κ2) is 4.31. The Hall–Kier alpha value is -1.65. The number of hydrogen-bond donors (Lipinski definition) is 1. The van der Waals surface area contributed by atoms with Gasteiger partial charge in [-0.1, -0.05) is 18.2 Å². The SMILES string of the molecule is O=C(Nc1ccccc1)c1cc2sccc2s1. The third-order valence-electron chi connectivity index (χ3n) is 2.39. The number of benzene rings is 1. The van der Waals surface area contributed by atoms with Gasteiger partial charge in [-0.25, -0.2) is 0 Å². The molecule has 2 aromatic heterocycles. The van der Waals surface area contributed by atoms with Crippen molar-refractivity contribution in [3.8, 4) is 0 Å². The van der Waals surface area contributed by atoms with E-state index in [0.717, 1.165) is 10.6 Å². The Kier molecular flexibility index (Phi) is 2.66. The third kappa shape index (κ3) is 2.09. The van der Waals surface area contributed by atoms with Crippen LogP contribution in [0.3, 0.4) is 0 Å². The molecule has 0 fully saturated rings. The quantitative estimate of drug-likeness (QED) is 0.733. The average Bonchev–Trinajstić information content (AvgIpc) is 2.90. The highest BCUT2D eigenvalue weighted by Gasteiger charge is 2.10. The van der Waals surface area contributed by atoms with Gasteiger partial charge in [0.1, 0.15) is 0 Å². The van der Waals surface area contributed by atoms with E-state index in [1.807, 2.05) is 47.8 Å². The van der Waals surface area contributed by atoms with Gasteiger partial charge in [0.15, 0.2) is 0 Å². The molecule has 0 aliphatic carbocycles. The standard InChI is InChI=1S/C13H9NOS2/c15-13(14-9-4-2-1-3-5-9)12-8-11-10(17-12)6-7-16-11/h1-8H,(H,14,15). The van der Waals surface area contributed by atoms with Gasteiger partial charge in [0.2, 0.25) is 0 Å². The van der Waals surface area contributed by atoms with Crippen LogP contribution in [-0.4, -0.2) is 5.91 Å². The van der Waals surface area contributed by atoms with Crippen molar-refractivity contribution in [1.82, 2.24) is 0 Å². The number of fused-ring (bicyclic) bond motifs is 1. The molecule has 0 spiro atoms. The van der Waals surface area contributed by atoms with Gasteiger partial charge in [-0.15, -0.1) is 22.7 Å². The molecule has 0 unspecified atom stereocenters. The largest absolute Gasteiger partial charge is 0.321 e. The fourth-order valence-corrected chi connectivity index (χ4v) is 3.60. The Morgan fingerprint density at radius 1 is 1.06 bits per heavy atom. The van der Waals surface area contributed by atoms with E-state index in [4.69, 9.17) is 0 Å². The molecule has 0 aliphatic rings. The summed E-state index contributed by atoms with van der Waals surface area (Å²) in [6, 6.07) is 13.5. The van der Waals surface area contributed by atoms with E-state index in [0.29, 0.717) is 0 Å². The molecular weight excluding hydrogens is 250 g/mol. The lowest BCUT2D eigenvalue weighted by Crippen LogP contribution is -2.09. The smallest absolute Gasteiger partial charge is 0.265 e. The van der Waals surface area contributed by atoms with Crippen molar-refractivity contribution in [3.63, 3.8) is 0 Å². The zero-order valence-electron chi connectivity index (χ0n) is 8.84. The Morgan fingerprint density at radius 3 is 2.65 bits per heavy atom. The molecule has 3 aromatic rings. The molecule has 0 radical (unpaired) electrons. The maximum atomic E-state index is 12.0. The molecule has 0 atom stereocenters. The van der Waals surface area contributed by atoms with Crippen molar-refractivity contribution in [2.24, 2.45) is 0 Å². The van der Waals surface area contributed by atoms with Gasteiger partial charge < -0.3 is 5.32 Å². The van der Waals surface area contributed by atoms with Crippen LogP contribution in [0, 0.1) is 0 Å². The van der Waals surface area contributed by atoms with Crippen molar-refractivity contribution < 1.29 is 4.79 Å². The van der Waals surface area contributed by atoms with Crippen LogP contribution < -0.4 is 5.32 Å². The number of hydrogen-bond acceptors (Lipinski definition) is 3. The number of rotatable bonds is 2. The van der Waals surface area contributed by atoms with Crippen LogP contribution in [-0.2, 0) is 0 Å². The van der Waals surface area contributed by atoms with Crippen molar-refractivity contribution in [2.45, 2.75) is 0 Å². The molecule has 17 heavy (non-hydrogen) atoms. The molecule has 3 rings (SSSR count). The van der Waals surface area contributed by atoms with E-state index in [2.05, 4.69) is 5.32 Å². The minimum absolute atomic E-state index is 0.0374. The molecule has 0 aliphatic heterocycles. The van der Waals surface area contributed by atoms with Crippen molar-refractivity contribution in [3.05, 3.63) is 52.7 Å². The second-order valence-corrected chi connectivity index (χ2v) is 5.61. The number of anilines is 1. The monoisotopic (exact) mass is 259 g/mol. The molecule has 2 nitrogen and oxygen atoms in total. The molecule has 1 aromatic carbocycles. The Balaban J connectivity index is 1.85. The van der Waals surface area contributed by atoms with E-state index in [1.54, 1.807) is 11.3 Å². The maximum absolute atomic E-state index is 12.0. The summed E-state index contributed by atoms with van der Waals surface area (Å²) in [6.45, 7) is 0. The zero-order valence-corrected chi connectivity index (χ0v) is 10.5. The van der Waals surface area contributed by atoms with E-state index < -0.39 is 0 Å². The molecule has 0 bridgehead atoms. The molecule has 1 amide bonds. The number of nitrogens with one attached hydrogen (secondary N) is 1. The normalized spacial score (nSPS) is 10.6. The van der Waals surface area contributed by atoms with Crippen LogP contribution in [0.5, 0.6) is 0 Å². The first-order valence-corrected chi connectivity index (χ1v) is 6.86. The van der Waals surface area contributed by atoms with Crippen molar-refractivity contribution in [1.29, 1.82) is 0 Å². The molecule has 4 heteroatoms. The zero-order chi connectivity index (χ0) is 11.7. The van der Waals surface area contributed by atoms with Gasteiger partial charge in [-0.2, -0.15) is 0 Å². The number of carbonyl (C=O) groups excluding carboxylic acids is 1. The minimum atomic E-state index is -0.0374. The Bertz CT molecular complexity index is 626. The van der Waals surface area contributed by atoms with Crippen LogP contribution >= 0.6 is 22.7 Å². The second-order valence-electron chi connectivity index (χ2n) is 3.58. The summed E-state index contributed by atoms with van der Waals surface area (Å²) < 4.78 is 2.35. The van der Waals surface area contributed by atoms with E-state index in [-0.39, 0.29) is 5.91 Å². The van der Waals surface area contributed by atoms with Crippen LogP contribution in [0.25, 0.3) is 9.40 Å². The minimum Gasteiger partial charge on any atom is -0.321 e. The first-order chi connectivity index (χ1) is 8.33. The van der Waals surface area contributed by atoms with Crippen LogP contribution in [0.1, 0.15) is 9.67 Å². The number of amides is 1. The fraction of sp³-hybridized carbons (Fsp3) is 0. The number of thiophene rings is 2. The highest BCUT2D eigenvalue weighted by Crippen LogP contribution is 2.30. The molecule has 2 heterocycles. The molecule has 1 N–H and O–H groups in total. The van der Waals surface area contributed by atoms with Crippen LogP contribution in [0.15, 0.2) is 47.8 Å². The predicted molar refractivity (Wildman–Crippen MR) is 74.1 cm³/mol. The predicted octanol–water partition coefficient (Wildman–Crippen LogP) is 4.22. The van der Waals surface area contributed by atoms with Gasteiger partial charge in [0.25, 0.3) is 5.91 Å². The lowest BCUT2D eigenvalue weighted by molar-refractivity contribution is 0.103. The lowest BCUT2D eigenvalue weighted by atomic mass is 10.3. The topological polar surface area (TPSA) is 29.1 Å². The Morgan fingerprint density at radius 2 is 1.88 bits per heavy atom. The lowest BCUT2D eigenvalue weighted by Gasteiger charge is -2.01. The number of carbonyl (C=O) groups is 1. The Labute approximate surface area is 107 Å². The van der Waals surface area contributed by atoms with Gasteiger partial charge >= 0.3 is 0 Å².